The average molecular weight is 240 g/mol. The molecule has 0 bridgehead atoms. The Morgan fingerprint density at radius 1 is 1.41 bits per heavy atom. The summed E-state index contributed by atoms with van der Waals surface area (Å²) in [5.74, 6) is 0. The minimum atomic E-state index is 1.07. The number of aromatic nitrogens is 1. The van der Waals surface area contributed by atoms with Crippen LogP contribution >= 0.6 is 11.3 Å². The van der Waals surface area contributed by atoms with Crippen molar-refractivity contribution < 1.29 is 0 Å². The Hall–Kier alpha value is -1.74. The zero-order valence-electron chi connectivity index (χ0n) is 9.55. The molecule has 0 spiro atoms. The number of rotatable bonds is 3. The lowest BCUT2D eigenvalue weighted by atomic mass is 10.1. The maximum absolute atomic E-state index is 4.35. The van der Waals surface area contributed by atoms with Crippen molar-refractivity contribution in [2.45, 2.75) is 6.42 Å². The fourth-order valence-electron chi connectivity index (χ4n) is 1.85. The molecule has 2 aromatic rings. The molecule has 1 aliphatic rings. The summed E-state index contributed by atoms with van der Waals surface area (Å²) in [6.07, 6.45) is 7.05. The highest BCUT2D eigenvalue weighted by atomic mass is 32.1. The van der Waals surface area contributed by atoms with E-state index in [0.29, 0.717) is 0 Å². The summed E-state index contributed by atoms with van der Waals surface area (Å²) < 4.78 is 0. The SMILES string of the molecule is CN=C(C1=CC1)c1cncc(-c2cccs2)c1. The Labute approximate surface area is 104 Å². The molecule has 0 atom stereocenters. The van der Waals surface area contributed by atoms with Crippen LogP contribution in [0.15, 0.2) is 52.6 Å². The molecule has 2 heterocycles. The standard InChI is InChI=1S/C14H12N2S/c1-15-14(10-4-5-10)12-7-11(8-16-9-12)13-3-2-6-17-13/h2-4,6-9H,5H2,1H3. The van der Waals surface area contributed by atoms with Gasteiger partial charge in [-0.3, -0.25) is 9.98 Å². The van der Waals surface area contributed by atoms with Crippen molar-refractivity contribution in [1.82, 2.24) is 4.98 Å². The van der Waals surface area contributed by atoms with Crippen LogP contribution in [0.1, 0.15) is 12.0 Å². The number of allylic oxidation sites excluding steroid dienone is 2. The van der Waals surface area contributed by atoms with Crippen LogP contribution in [0.3, 0.4) is 0 Å². The van der Waals surface area contributed by atoms with Gasteiger partial charge in [-0.2, -0.15) is 0 Å². The van der Waals surface area contributed by atoms with Crippen LogP contribution < -0.4 is 0 Å². The number of hydrogen-bond acceptors (Lipinski definition) is 3. The lowest BCUT2D eigenvalue weighted by Gasteiger charge is -2.04. The Morgan fingerprint density at radius 3 is 2.94 bits per heavy atom. The van der Waals surface area contributed by atoms with Crippen LogP contribution in [-0.4, -0.2) is 17.7 Å². The van der Waals surface area contributed by atoms with E-state index >= 15 is 0 Å². The highest BCUT2D eigenvalue weighted by Gasteiger charge is 2.16. The van der Waals surface area contributed by atoms with Gasteiger partial charge in [0.05, 0.1) is 5.71 Å². The molecule has 3 heteroatoms. The van der Waals surface area contributed by atoms with Crippen LogP contribution in [0.2, 0.25) is 0 Å². The van der Waals surface area contributed by atoms with Gasteiger partial charge in [0.15, 0.2) is 0 Å². The molecule has 1 aliphatic carbocycles. The van der Waals surface area contributed by atoms with Crippen molar-refractivity contribution in [3.8, 4) is 10.4 Å². The van der Waals surface area contributed by atoms with E-state index in [0.717, 1.165) is 17.7 Å². The van der Waals surface area contributed by atoms with Crippen LogP contribution in [0.25, 0.3) is 10.4 Å². The smallest absolute Gasteiger partial charge is 0.0690 e. The highest BCUT2D eigenvalue weighted by molar-refractivity contribution is 7.13. The summed E-state index contributed by atoms with van der Waals surface area (Å²) in [4.78, 5) is 9.92. The molecular formula is C14H12N2S. The third-order valence-corrected chi connectivity index (χ3v) is 3.67. The van der Waals surface area contributed by atoms with E-state index in [-0.39, 0.29) is 0 Å². The monoisotopic (exact) mass is 240 g/mol. The number of thiophene rings is 1. The van der Waals surface area contributed by atoms with Gasteiger partial charge in [-0.1, -0.05) is 12.1 Å². The summed E-state index contributed by atoms with van der Waals surface area (Å²) in [7, 11) is 1.84. The molecule has 0 unspecified atom stereocenters. The van der Waals surface area contributed by atoms with Gasteiger partial charge in [0.1, 0.15) is 0 Å². The normalized spacial score (nSPS) is 14.6. The van der Waals surface area contributed by atoms with Gasteiger partial charge in [0.2, 0.25) is 0 Å². The van der Waals surface area contributed by atoms with Gasteiger partial charge >= 0.3 is 0 Å². The molecule has 0 aliphatic heterocycles. The summed E-state index contributed by atoms with van der Waals surface area (Å²) in [6, 6.07) is 6.34. The predicted molar refractivity (Wildman–Crippen MR) is 72.7 cm³/mol. The largest absolute Gasteiger partial charge is 0.288 e. The first-order chi connectivity index (χ1) is 8.38. The Morgan fingerprint density at radius 2 is 2.29 bits per heavy atom. The topological polar surface area (TPSA) is 25.2 Å². The van der Waals surface area contributed by atoms with E-state index < -0.39 is 0 Å². The average Bonchev–Trinajstić information content (AvgIpc) is 3.05. The second kappa shape index (κ2) is 4.26. The zero-order valence-corrected chi connectivity index (χ0v) is 10.4. The van der Waals surface area contributed by atoms with E-state index in [2.05, 4.69) is 39.6 Å². The summed E-state index contributed by atoms with van der Waals surface area (Å²) in [5, 5.41) is 2.08. The van der Waals surface area contributed by atoms with Crippen molar-refractivity contribution in [1.29, 1.82) is 0 Å². The Balaban J connectivity index is 2.02. The van der Waals surface area contributed by atoms with Gasteiger partial charge in [-0.15, -0.1) is 11.3 Å². The maximum atomic E-state index is 4.35. The molecule has 0 aromatic carbocycles. The van der Waals surface area contributed by atoms with Gasteiger partial charge < -0.3 is 0 Å². The molecule has 2 nitrogen and oxygen atoms in total. The van der Waals surface area contributed by atoms with Crippen LogP contribution in [0.5, 0.6) is 0 Å². The molecule has 3 rings (SSSR count). The van der Waals surface area contributed by atoms with E-state index in [1.807, 2.05) is 19.4 Å². The molecular weight excluding hydrogens is 228 g/mol. The van der Waals surface area contributed by atoms with E-state index in [9.17, 15) is 0 Å². The maximum Gasteiger partial charge on any atom is 0.0690 e. The molecule has 17 heavy (non-hydrogen) atoms. The first-order valence-corrected chi connectivity index (χ1v) is 6.42. The molecule has 2 aromatic heterocycles. The van der Waals surface area contributed by atoms with Crippen LogP contribution in [0, 0.1) is 0 Å². The van der Waals surface area contributed by atoms with Gasteiger partial charge in [-0.25, -0.2) is 0 Å². The summed E-state index contributed by atoms with van der Waals surface area (Å²) in [6.45, 7) is 0. The number of pyridine rings is 1. The first kappa shape index (κ1) is 10.4. The quantitative estimate of drug-likeness (QED) is 0.753. The molecule has 0 fully saturated rings. The van der Waals surface area contributed by atoms with E-state index in [1.54, 1.807) is 11.3 Å². The fourth-order valence-corrected chi connectivity index (χ4v) is 2.56. The van der Waals surface area contributed by atoms with Crippen LogP contribution in [0.4, 0.5) is 0 Å². The zero-order chi connectivity index (χ0) is 11.7. The second-order valence-electron chi connectivity index (χ2n) is 3.95. The Bertz CT molecular complexity index is 594. The lowest BCUT2D eigenvalue weighted by Crippen LogP contribution is -1.99. The second-order valence-corrected chi connectivity index (χ2v) is 4.89. The fraction of sp³-hybridized carbons (Fsp3) is 0.143. The molecule has 0 saturated carbocycles. The third kappa shape index (κ3) is 2.06. The predicted octanol–water partition coefficient (Wildman–Crippen LogP) is 3.56. The minimum absolute atomic E-state index is 1.07. The number of hydrogen-bond donors (Lipinski definition) is 0. The number of nitrogens with zero attached hydrogens (tertiary/aromatic N) is 2. The van der Waals surface area contributed by atoms with Gasteiger partial charge in [0, 0.05) is 35.4 Å². The molecule has 0 amide bonds. The first-order valence-electron chi connectivity index (χ1n) is 5.54. The Kier molecular flexibility index (Phi) is 2.61. The van der Waals surface area contributed by atoms with Crippen LogP contribution in [-0.2, 0) is 0 Å². The van der Waals surface area contributed by atoms with Crippen molar-refractivity contribution in [3.05, 3.63) is 53.2 Å². The molecule has 0 radical (unpaired) electrons. The van der Waals surface area contributed by atoms with E-state index in [1.165, 1.54) is 16.0 Å². The van der Waals surface area contributed by atoms with Gasteiger partial charge in [0.25, 0.3) is 0 Å². The number of aliphatic imine (C=N–C) groups is 1. The summed E-state index contributed by atoms with van der Waals surface area (Å²) >= 11 is 1.73. The van der Waals surface area contributed by atoms with Crippen molar-refractivity contribution in [2.75, 3.05) is 7.05 Å². The van der Waals surface area contributed by atoms with Crippen molar-refractivity contribution in [3.63, 3.8) is 0 Å². The molecule has 0 saturated heterocycles. The van der Waals surface area contributed by atoms with Crippen molar-refractivity contribution >= 4 is 17.0 Å². The third-order valence-electron chi connectivity index (χ3n) is 2.75. The van der Waals surface area contributed by atoms with Gasteiger partial charge in [-0.05, 0) is 29.5 Å². The molecule has 0 N–H and O–H groups in total. The van der Waals surface area contributed by atoms with E-state index in [4.69, 9.17) is 0 Å². The minimum Gasteiger partial charge on any atom is -0.288 e. The lowest BCUT2D eigenvalue weighted by molar-refractivity contribution is 1.31. The molecule has 84 valence electrons. The van der Waals surface area contributed by atoms with Crippen molar-refractivity contribution in [2.24, 2.45) is 4.99 Å². The summed E-state index contributed by atoms with van der Waals surface area (Å²) in [5.41, 5.74) is 4.69. The highest BCUT2D eigenvalue weighted by Crippen LogP contribution is 2.28.